The number of sulfonamides is 1. The molecule has 6 heteroatoms. The van der Waals surface area contributed by atoms with E-state index in [1.54, 1.807) is 6.07 Å². The molecule has 1 aromatic heterocycles. The zero-order chi connectivity index (χ0) is 16.1. The predicted molar refractivity (Wildman–Crippen MR) is 82.3 cm³/mol. The molecule has 1 aromatic rings. The van der Waals surface area contributed by atoms with Crippen LogP contribution < -0.4 is 5.32 Å². The van der Waals surface area contributed by atoms with Gasteiger partial charge in [-0.25, -0.2) is 12.7 Å². The number of nitrogens with zero attached hydrogens (tertiary/aromatic N) is 1. The molecular formula is C15H26N2O3S. The first-order valence-corrected chi connectivity index (χ1v) is 8.67. The SMILES string of the molecule is CN(C)S(=O)(=O)c1ccc(CNCC2C(C)(C)C2(C)C)o1. The fraction of sp³-hybridized carbons (Fsp3) is 0.733. The van der Waals surface area contributed by atoms with Crippen LogP contribution in [0.15, 0.2) is 21.6 Å². The minimum Gasteiger partial charge on any atom is -0.447 e. The van der Waals surface area contributed by atoms with Crippen molar-refractivity contribution in [1.82, 2.24) is 9.62 Å². The second-order valence-corrected chi connectivity index (χ2v) is 9.22. The summed E-state index contributed by atoms with van der Waals surface area (Å²) in [6, 6.07) is 3.23. The van der Waals surface area contributed by atoms with E-state index in [1.807, 2.05) is 0 Å². The van der Waals surface area contributed by atoms with E-state index in [1.165, 1.54) is 20.2 Å². The fourth-order valence-corrected chi connectivity index (χ4v) is 3.77. The Bertz CT molecular complexity index is 601. The Balaban J connectivity index is 1.91. The van der Waals surface area contributed by atoms with Crippen molar-refractivity contribution in [2.24, 2.45) is 16.7 Å². The maximum atomic E-state index is 11.9. The highest BCUT2D eigenvalue weighted by Gasteiger charge is 2.63. The average molecular weight is 314 g/mol. The van der Waals surface area contributed by atoms with E-state index >= 15 is 0 Å². The van der Waals surface area contributed by atoms with Crippen molar-refractivity contribution in [1.29, 1.82) is 0 Å². The number of hydrogen-bond acceptors (Lipinski definition) is 4. The Morgan fingerprint density at radius 1 is 1.19 bits per heavy atom. The van der Waals surface area contributed by atoms with E-state index in [2.05, 4.69) is 33.0 Å². The van der Waals surface area contributed by atoms with Gasteiger partial charge in [-0.05, 0) is 35.4 Å². The lowest BCUT2D eigenvalue weighted by molar-refractivity contribution is 0.385. The summed E-state index contributed by atoms with van der Waals surface area (Å²) in [4.78, 5) is 0. The summed E-state index contributed by atoms with van der Waals surface area (Å²) < 4.78 is 30.4. The third-order valence-electron chi connectivity index (χ3n) is 5.34. The molecule has 0 spiro atoms. The van der Waals surface area contributed by atoms with Gasteiger partial charge in [0.1, 0.15) is 5.76 Å². The third-order valence-corrected chi connectivity index (χ3v) is 7.03. The molecular weight excluding hydrogens is 288 g/mol. The van der Waals surface area contributed by atoms with Gasteiger partial charge in [0.25, 0.3) is 10.0 Å². The molecule has 1 N–H and O–H groups in total. The molecule has 1 saturated carbocycles. The van der Waals surface area contributed by atoms with Crippen LogP contribution in [0.3, 0.4) is 0 Å². The number of rotatable bonds is 6. The molecule has 21 heavy (non-hydrogen) atoms. The fourth-order valence-electron chi connectivity index (χ4n) is 2.96. The van der Waals surface area contributed by atoms with E-state index in [-0.39, 0.29) is 5.09 Å². The Morgan fingerprint density at radius 3 is 2.24 bits per heavy atom. The quantitative estimate of drug-likeness (QED) is 0.875. The summed E-state index contributed by atoms with van der Waals surface area (Å²) >= 11 is 0. The average Bonchev–Trinajstić information content (AvgIpc) is 2.75. The van der Waals surface area contributed by atoms with Crippen molar-refractivity contribution >= 4 is 10.0 Å². The van der Waals surface area contributed by atoms with Crippen molar-refractivity contribution in [2.75, 3.05) is 20.6 Å². The van der Waals surface area contributed by atoms with Gasteiger partial charge in [-0.3, -0.25) is 0 Å². The van der Waals surface area contributed by atoms with Gasteiger partial charge in [0.05, 0.1) is 6.54 Å². The molecule has 0 saturated heterocycles. The monoisotopic (exact) mass is 314 g/mol. The second-order valence-electron chi connectivity index (χ2n) is 7.14. The van der Waals surface area contributed by atoms with Crippen LogP contribution in [0.4, 0.5) is 0 Å². The van der Waals surface area contributed by atoms with Gasteiger partial charge in [0.2, 0.25) is 5.09 Å². The standard InChI is InChI=1S/C15H26N2O3S/c1-14(2)12(15(14,3)4)10-16-9-11-7-8-13(20-11)21(18,19)17(5)6/h7-8,12,16H,9-10H2,1-6H3. The van der Waals surface area contributed by atoms with Crippen LogP contribution in [0.5, 0.6) is 0 Å². The number of nitrogens with one attached hydrogen (secondary N) is 1. The van der Waals surface area contributed by atoms with Crippen LogP contribution in [0.25, 0.3) is 0 Å². The maximum absolute atomic E-state index is 11.9. The Labute approximate surface area is 127 Å². The summed E-state index contributed by atoms with van der Waals surface area (Å²) in [5, 5.41) is 3.36. The molecule has 0 aliphatic heterocycles. The Hall–Kier alpha value is -0.850. The molecule has 1 fully saturated rings. The van der Waals surface area contributed by atoms with Crippen LogP contribution in [-0.2, 0) is 16.6 Å². The van der Waals surface area contributed by atoms with E-state index in [0.717, 1.165) is 10.8 Å². The van der Waals surface area contributed by atoms with Crippen molar-refractivity contribution in [3.63, 3.8) is 0 Å². The minimum atomic E-state index is -3.48. The molecule has 0 radical (unpaired) electrons. The van der Waals surface area contributed by atoms with Crippen molar-refractivity contribution in [3.8, 4) is 0 Å². The summed E-state index contributed by atoms with van der Waals surface area (Å²) in [5.41, 5.74) is 0.700. The molecule has 0 amide bonds. The minimum absolute atomic E-state index is 0.00335. The summed E-state index contributed by atoms with van der Waals surface area (Å²) in [6.45, 7) is 10.6. The smallest absolute Gasteiger partial charge is 0.275 e. The Kier molecular flexibility index (Phi) is 4.02. The van der Waals surface area contributed by atoms with Crippen LogP contribution in [0.1, 0.15) is 33.5 Å². The van der Waals surface area contributed by atoms with E-state index in [9.17, 15) is 8.42 Å². The summed E-state index contributed by atoms with van der Waals surface area (Å²) in [7, 11) is -0.497. The highest BCUT2D eigenvalue weighted by atomic mass is 32.2. The highest BCUT2D eigenvalue weighted by Crippen LogP contribution is 2.67. The first kappa shape index (κ1) is 16.5. The van der Waals surface area contributed by atoms with Crippen LogP contribution in [0.2, 0.25) is 0 Å². The lowest BCUT2D eigenvalue weighted by Crippen LogP contribution is -2.21. The topological polar surface area (TPSA) is 62.6 Å². The van der Waals surface area contributed by atoms with Gasteiger partial charge in [-0.2, -0.15) is 0 Å². The first-order chi connectivity index (χ1) is 9.51. The molecule has 2 rings (SSSR count). The molecule has 1 aliphatic carbocycles. The largest absolute Gasteiger partial charge is 0.447 e. The van der Waals surface area contributed by atoms with E-state index in [0.29, 0.717) is 29.1 Å². The van der Waals surface area contributed by atoms with Crippen molar-refractivity contribution in [3.05, 3.63) is 17.9 Å². The second kappa shape index (κ2) is 5.11. The molecule has 0 unspecified atom stereocenters. The van der Waals surface area contributed by atoms with Crippen LogP contribution in [0, 0.1) is 16.7 Å². The highest BCUT2D eigenvalue weighted by molar-refractivity contribution is 7.88. The van der Waals surface area contributed by atoms with Gasteiger partial charge < -0.3 is 9.73 Å². The molecule has 120 valence electrons. The number of furan rings is 1. The van der Waals surface area contributed by atoms with Crippen molar-refractivity contribution in [2.45, 2.75) is 39.3 Å². The Morgan fingerprint density at radius 2 is 1.76 bits per heavy atom. The number of hydrogen-bond donors (Lipinski definition) is 1. The molecule has 0 atom stereocenters. The van der Waals surface area contributed by atoms with Crippen LogP contribution in [-0.4, -0.2) is 33.4 Å². The lowest BCUT2D eigenvalue weighted by atomic mass is 10.0. The van der Waals surface area contributed by atoms with Gasteiger partial charge in [-0.15, -0.1) is 0 Å². The molecule has 1 aliphatic rings. The summed E-state index contributed by atoms with van der Waals surface area (Å²) in [6.07, 6.45) is 0. The van der Waals surface area contributed by atoms with Crippen LogP contribution >= 0.6 is 0 Å². The molecule has 0 bridgehead atoms. The van der Waals surface area contributed by atoms with E-state index < -0.39 is 10.0 Å². The van der Waals surface area contributed by atoms with Gasteiger partial charge in [-0.1, -0.05) is 27.7 Å². The van der Waals surface area contributed by atoms with E-state index in [4.69, 9.17) is 4.42 Å². The third kappa shape index (κ3) is 2.76. The first-order valence-electron chi connectivity index (χ1n) is 7.23. The molecule has 5 nitrogen and oxygen atoms in total. The van der Waals surface area contributed by atoms with Gasteiger partial charge >= 0.3 is 0 Å². The van der Waals surface area contributed by atoms with Gasteiger partial charge in [0, 0.05) is 14.1 Å². The lowest BCUT2D eigenvalue weighted by Gasteiger charge is -2.08. The van der Waals surface area contributed by atoms with Crippen molar-refractivity contribution < 1.29 is 12.8 Å². The summed E-state index contributed by atoms with van der Waals surface area (Å²) in [5.74, 6) is 1.27. The predicted octanol–water partition coefficient (Wildman–Crippen LogP) is 2.30. The molecule has 0 aromatic carbocycles. The maximum Gasteiger partial charge on any atom is 0.275 e. The van der Waals surface area contributed by atoms with Gasteiger partial charge in [0.15, 0.2) is 0 Å². The zero-order valence-electron chi connectivity index (χ0n) is 13.7. The normalized spacial score (nSPS) is 20.9. The molecule has 1 heterocycles. The zero-order valence-corrected chi connectivity index (χ0v) is 14.5.